The van der Waals surface area contributed by atoms with Gasteiger partial charge in [-0.1, -0.05) is 36.4 Å². The molecule has 3 aromatic rings. The lowest BCUT2D eigenvalue weighted by Crippen LogP contribution is -2.25. The van der Waals surface area contributed by atoms with E-state index >= 15 is 0 Å². The minimum atomic E-state index is 0.00426. The summed E-state index contributed by atoms with van der Waals surface area (Å²) in [6.07, 6.45) is 1.78. The maximum atomic E-state index is 4.76. The highest BCUT2D eigenvalue weighted by molar-refractivity contribution is 5.78. The number of benzene rings is 1. The molecule has 0 aliphatic heterocycles. The lowest BCUT2D eigenvalue weighted by Gasteiger charge is -2.17. The number of para-hydroxylation sites is 1. The average Bonchev–Trinajstić information content (AvgIpc) is 2.90. The van der Waals surface area contributed by atoms with E-state index in [1.54, 1.807) is 10.9 Å². The van der Waals surface area contributed by atoms with Gasteiger partial charge in [0.15, 0.2) is 0 Å². The first kappa shape index (κ1) is 12.7. The molecule has 20 heavy (non-hydrogen) atoms. The van der Waals surface area contributed by atoms with Gasteiger partial charge in [0.2, 0.25) is 0 Å². The number of rotatable bonds is 4. The van der Waals surface area contributed by atoms with Crippen molar-refractivity contribution in [2.75, 3.05) is 6.54 Å². The fourth-order valence-corrected chi connectivity index (χ4v) is 2.37. The number of fused-ring (bicyclic) bond motifs is 1. The predicted molar refractivity (Wildman–Crippen MR) is 78.3 cm³/mol. The van der Waals surface area contributed by atoms with E-state index in [-0.39, 0.29) is 6.04 Å². The third-order valence-corrected chi connectivity index (χ3v) is 3.37. The van der Waals surface area contributed by atoms with E-state index in [2.05, 4.69) is 40.8 Å². The minimum Gasteiger partial charge on any atom is -0.304 e. The number of nitrogens with zero attached hydrogens (tertiary/aromatic N) is 4. The molecule has 102 valence electrons. The van der Waals surface area contributed by atoms with E-state index in [0.717, 1.165) is 28.8 Å². The van der Waals surface area contributed by atoms with Crippen molar-refractivity contribution in [3.63, 3.8) is 0 Å². The van der Waals surface area contributed by atoms with Crippen LogP contribution in [0.1, 0.15) is 24.4 Å². The van der Waals surface area contributed by atoms with Gasteiger partial charge in [-0.05, 0) is 18.7 Å². The van der Waals surface area contributed by atoms with E-state index in [9.17, 15) is 0 Å². The van der Waals surface area contributed by atoms with Crippen LogP contribution in [0.5, 0.6) is 0 Å². The van der Waals surface area contributed by atoms with Gasteiger partial charge >= 0.3 is 0 Å². The second kappa shape index (κ2) is 5.38. The average molecular weight is 267 g/mol. The zero-order valence-electron chi connectivity index (χ0n) is 11.6. The highest BCUT2D eigenvalue weighted by atomic mass is 15.4. The normalized spacial score (nSPS) is 12.7. The quantitative estimate of drug-likeness (QED) is 0.786. The Morgan fingerprint density at radius 1 is 1.20 bits per heavy atom. The second-order valence-corrected chi connectivity index (χ2v) is 4.70. The van der Waals surface area contributed by atoms with Crippen LogP contribution in [0.2, 0.25) is 0 Å². The van der Waals surface area contributed by atoms with Crippen molar-refractivity contribution in [3.8, 4) is 0 Å². The van der Waals surface area contributed by atoms with E-state index in [4.69, 9.17) is 4.98 Å². The van der Waals surface area contributed by atoms with Crippen LogP contribution in [-0.4, -0.2) is 26.5 Å². The van der Waals surface area contributed by atoms with Crippen LogP contribution in [0.4, 0.5) is 0 Å². The van der Waals surface area contributed by atoms with Crippen molar-refractivity contribution in [2.24, 2.45) is 7.05 Å². The molecule has 1 aromatic carbocycles. The van der Waals surface area contributed by atoms with Crippen LogP contribution >= 0.6 is 0 Å². The summed E-state index contributed by atoms with van der Waals surface area (Å²) >= 11 is 0. The fraction of sp³-hybridized carbons (Fsp3) is 0.267. The molecule has 1 N–H and O–H groups in total. The molecule has 3 rings (SSSR count). The van der Waals surface area contributed by atoms with Crippen molar-refractivity contribution < 1.29 is 0 Å². The Labute approximate surface area is 117 Å². The first-order chi connectivity index (χ1) is 9.79. The fourth-order valence-electron chi connectivity index (χ4n) is 2.37. The summed E-state index contributed by atoms with van der Waals surface area (Å²) in [6, 6.07) is 12.3. The van der Waals surface area contributed by atoms with Gasteiger partial charge in [-0.2, -0.15) is 0 Å². The molecule has 0 radical (unpaired) electrons. The number of aryl methyl sites for hydroxylation is 1. The number of aromatic nitrogens is 4. The van der Waals surface area contributed by atoms with Crippen molar-refractivity contribution >= 4 is 10.9 Å². The highest BCUT2D eigenvalue weighted by Gasteiger charge is 2.18. The number of nitrogens with one attached hydrogen (secondary N) is 1. The monoisotopic (exact) mass is 267 g/mol. The molecule has 5 heteroatoms. The summed E-state index contributed by atoms with van der Waals surface area (Å²) in [6.45, 7) is 2.93. The maximum Gasteiger partial charge on any atom is 0.0938 e. The van der Waals surface area contributed by atoms with Gasteiger partial charge in [0.25, 0.3) is 0 Å². The molecule has 0 fully saturated rings. The maximum absolute atomic E-state index is 4.76. The van der Waals surface area contributed by atoms with Crippen molar-refractivity contribution in [2.45, 2.75) is 13.0 Å². The van der Waals surface area contributed by atoms with E-state index in [1.165, 1.54) is 0 Å². The van der Waals surface area contributed by atoms with Gasteiger partial charge in [-0.3, -0.25) is 9.67 Å². The molecule has 0 aliphatic rings. The van der Waals surface area contributed by atoms with Crippen molar-refractivity contribution in [1.29, 1.82) is 0 Å². The topological polar surface area (TPSA) is 55.6 Å². The number of hydrogen-bond donors (Lipinski definition) is 1. The predicted octanol–water partition coefficient (Wildman–Crippen LogP) is 2.06. The van der Waals surface area contributed by atoms with Crippen LogP contribution in [0.3, 0.4) is 0 Å². The largest absolute Gasteiger partial charge is 0.304 e. The molecule has 0 bridgehead atoms. The first-order valence-electron chi connectivity index (χ1n) is 6.73. The summed E-state index contributed by atoms with van der Waals surface area (Å²) in [5.74, 6) is 0. The molecule has 2 aromatic heterocycles. The van der Waals surface area contributed by atoms with Crippen LogP contribution in [0.25, 0.3) is 10.9 Å². The number of pyridine rings is 1. The lowest BCUT2D eigenvalue weighted by atomic mass is 10.1. The standard InChI is InChI=1S/C15H17N5/c1-3-16-15(14-10-17-19-20(14)2)13-9-8-11-6-4-5-7-12(11)18-13/h4-10,15-16H,3H2,1-2H3. The Kier molecular flexibility index (Phi) is 3.43. The summed E-state index contributed by atoms with van der Waals surface area (Å²) in [7, 11) is 1.90. The summed E-state index contributed by atoms with van der Waals surface area (Å²) in [5.41, 5.74) is 2.99. The summed E-state index contributed by atoms with van der Waals surface area (Å²) in [4.78, 5) is 4.76. The molecule has 0 spiro atoms. The Hall–Kier alpha value is -2.27. The molecular weight excluding hydrogens is 250 g/mol. The van der Waals surface area contributed by atoms with Gasteiger partial charge < -0.3 is 5.32 Å². The smallest absolute Gasteiger partial charge is 0.0938 e. The Balaban J connectivity index is 2.07. The number of hydrogen-bond acceptors (Lipinski definition) is 4. The minimum absolute atomic E-state index is 0.00426. The SMILES string of the molecule is CCNC(c1ccc2ccccc2n1)c1cnnn1C. The van der Waals surface area contributed by atoms with E-state index in [1.807, 2.05) is 25.2 Å². The first-order valence-corrected chi connectivity index (χ1v) is 6.73. The lowest BCUT2D eigenvalue weighted by molar-refractivity contribution is 0.559. The Morgan fingerprint density at radius 3 is 2.80 bits per heavy atom. The van der Waals surface area contributed by atoms with E-state index < -0.39 is 0 Å². The van der Waals surface area contributed by atoms with Crippen molar-refractivity contribution in [3.05, 3.63) is 54.0 Å². The van der Waals surface area contributed by atoms with Crippen LogP contribution < -0.4 is 5.32 Å². The second-order valence-electron chi connectivity index (χ2n) is 4.70. The molecule has 0 aliphatic carbocycles. The molecule has 1 atom stereocenters. The Bertz CT molecular complexity index is 719. The molecular formula is C15H17N5. The molecule has 2 heterocycles. The molecule has 5 nitrogen and oxygen atoms in total. The Morgan fingerprint density at radius 2 is 2.05 bits per heavy atom. The third-order valence-electron chi connectivity index (χ3n) is 3.37. The zero-order chi connectivity index (χ0) is 13.9. The molecule has 1 unspecified atom stereocenters. The van der Waals surface area contributed by atoms with Crippen molar-refractivity contribution in [1.82, 2.24) is 25.3 Å². The summed E-state index contributed by atoms with van der Waals surface area (Å²) in [5, 5.41) is 12.6. The zero-order valence-corrected chi connectivity index (χ0v) is 11.6. The van der Waals surface area contributed by atoms with Crippen LogP contribution in [-0.2, 0) is 7.05 Å². The van der Waals surface area contributed by atoms with Gasteiger partial charge in [0, 0.05) is 12.4 Å². The van der Waals surface area contributed by atoms with Gasteiger partial charge in [0.1, 0.15) is 0 Å². The summed E-state index contributed by atoms with van der Waals surface area (Å²) < 4.78 is 1.78. The molecule has 0 saturated carbocycles. The van der Waals surface area contributed by atoms with Crippen LogP contribution in [0, 0.1) is 0 Å². The molecule has 0 amide bonds. The van der Waals surface area contributed by atoms with E-state index in [0.29, 0.717) is 0 Å². The third kappa shape index (κ3) is 2.28. The molecule has 0 saturated heterocycles. The van der Waals surface area contributed by atoms with Crippen LogP contribution in [0.15, 0.2) is 42.6 Å². The van der Waals surface area contributed by atoms with Gasteiger partial charge in [0.05, 0.1) is 29.1 Å². The highest BCUT2D eigenvalue weighted by Crippen LogP contribution is 2.21. The van der Waals surface area contributed by atoms with Gasteiger partial charge in [-0.15, -0.1) is 5.10 Å². The van der Waals surface area contributed by atoms with Gasteiger partial charge in [-0.25, -0.2) is 0 Å².